The van der Waals surface area contributed by atoms with E-state index < -0.39 is 6.10 Å². The summed E-state index contributed by atoms with van der Waals surface area (Å²) in [6.07, 6.45) is 0.674. The molecule has 9 heavy (non-hydrogen) atoms. The SMILES string of the molecule is CC[C@@H](O)C(N)CCO. The Labute approximate surface area is 55.5 Å². The molecule has 0 radical (unpaired) electrons. The van der Waals surface area contributed by atoms with E-state index in [0.717, 1.165) is 0 Å². The molecule has 0 aromatic heterocycles. The summed E-state index contributed by atoms with van der Waals surface area (Å²) in [5, 5.41) is 17.4. The van der Waals surface area contributed by atoms with Gasteiger partial charge in [0.25, 0.3) is 0 Å². The first-order valence-electron chi connectivity index (χ1n) is 3.26. The minimum atomic E-state index is -0.461. The van der Waals surface area contributed by atoms with Crippen molar-refractivity contribution < 1.29 is 10.2 Å². The van der Waals surface area contributed by atoms with Crippen LogP contribution in [0.15, 0.2) is 0 Å². The fourth-order valence-electron chi connectivity index (χ4n) is 0.644. The molecule has 0 aliphatic carbocycles. The summed E-state index contributed by atoms with van der Waals surface area (Å²) >= 11 is 0. The van der Waals surface area contributed by atoms with Crippen LogP contribution < -0.4 is 5.73 Å². The van der Waals surface area contributed by atoms with E-state index in [1.807, 2.05) is 6.92 Å². The second kappa shape index (κ2) is 4.73. The van der Waals surface area contributed by atoms with Gasteiger partial charge in [0.15, 0.2) is 0 Å². The number of hydrogen-bond acceptors (Lipinski definition) is 3. The summed E-state index contributed by atoms with van der Waals surface area (Å²) in [7, 11) is 0. The van der Waals surface area contributed by atoms with Crippen LogP contribution in [-0.4, -0.2) is 29.0 Å². The van der Waals surface area contributed by atoms with Crippen LogP contribution in [0.1, 0.15) is 19.8 Å². The fourth-order valence-corrected chi connectivity index (χ4v) is 0.644. The summed E-state index contributed by atoms with van der Waals surface area (Å²) in [4.78, 5) is 0. The lowest BCUT2D eigenvalue weighted by Crippen LogP contribution is -2.34. The Morgan fingerprint density at radius 1 is 1.56 bits per heavy atom. The van der Waals surface area contributed by atoms with E-state index in [1.165, 1.54) is 0 Å². The van der Waals surface area contributed by atoms with Gasteiger partial charge >= 0.3 is 0 Å². The standard InChI is InChI=1S/C6H15NO2/c1-2-6(9)5(7)3-4-8/h5-6,8-9H,2-4,7H2,1H3/t5?,6-/m1/s1. The number of hydrogen-bond donors (Lipinski definition) is 3. The predicted octanol–water partition coefficient (Wildman–Crippen LogP) is -0.533. The zero-order valence-corrected chi connectivity index (χ0v) is 5.75. The molecule has 0 aromatic rings. The molecule has 3 nitrogen and oxygen atoms in total. The van der Waals surface area contributed by atoms with E-state index in [1.54, 1.807) is 0 Å². The fraction of sp³-hybridized carbons (Fsp3) is 1.00. The Kier molecular flexibility index (Phi) is 4.67. The lowest BCUT2D eigenvalue weighted by atomic mass is 10.1. The van der Waals surface area contributed by atoms with Crippen molar-refractivity contribution in [3.05, 3.63) is 0 Å². The largest absolute Gasteiger partial charge is 0.396 e. The van der Waals surface area contributed by atoms with Crippen LogP contribution >= 0.6 is 0 Å². The van der Waals surface area contributed by atoms with Crippen molar-refractivity contribution in [2.24, 2.45) is 5.73 Å². The van der Waals surface area contributed by atoms with E-state index in [2.05, 4.69) is 0 Å². The Hall–Kier alpha value is -0.120. The molecular weight excluding hydrogens is 118 g/mol. The zero-order valence-electron chi connectivity index (χ0n) is 5.75. The molecule has 0 rings (SSSR count). The van der Waals surface area contributed by atoms with Crippen LogP contribution in [0.25, 0.3) is 0 Å². The van der Waals surface area contributed by atoms with E-state index in [4.69, 9.17) is 15.9 Å². The number of aliphatic hydroxyl groups is 2. The maximum absolute atomic E-state index is 9.02. The topological polar surface area (TPSA) is 66.5 Å². The lowest BCUT2D eigenvalue weighted by molar-refractivity contribution is 0.124. The van der Waals surface area contributed by atoms with Crippen molar-refractivity contribution >= 4 is 0 Å². The number of nitrogens with two attached hydrogens (primary N) is 1. The number of aliphatic hydroxyl groups excluding tert-OH is 2. The van der Waals surface area contributed by atoms with Crippen LogP contribution in [0.4, 0.5) is 0 Å². The smallest absolute Gasteiger partial charge is 0.0689 e. The van der Waals surface area contributed by atoms with Gasteiger partial charge in [-0.15, -0.1) is 0 Å². The zero-order chi connectivity index (χ0) is 7.28. The van der Waals surface area contributed by atoms with E-state index in [-0.39, 0.29) is 12.6 Å². The van der Waals surface area contributed by atoms with Gasteiger partial charge in [0.05, 0.1) is 6.10 Å². The lowest BCUT2D eigenvalue weighted by Gasteiger charge is -2.14. The normalized spacial score (nSPS) is 17.3. The molecule has 0 saturated carbocycles. The average molecular weight is 133 g/mol. The Morgan fingerprint density at radius 3 is 2.44 bits per heavy atom. The van der Waals surface area contributed by atoms with E-state index in [9.17, 15) is 0 Å². The van der Waals surface area contributed by atoms with Crippen LogP contribution in [0.3, 0.4) is 0 Å². The summed E-state index contributed by atoms with van der Waals surface area (Å²) in [5.41, 5.74) is 5.43. The molecule has 2 atom stereocenters. The van der Waals surface area contributed by atoms with Crippen molar-refractivity contribution in [1.82, 2.24) is 0 Å². The Bertz CT molecular complexity index is 68.1. The van der Waals surface area contributed by atoms with Gasteiger partial charge in [0.2, 0.25) is 0 Å². The molecule has 3 heteroatoms. The molecule has 0 fully saturated rings. The molecule has 0 aliphatic heterocycles. The Balaban J connectivity index is 3.32. The molecule has 0 saturated heterocycles. The third-order valence-electron chi connectivity index (χ3n) is 1.37. The third-order valence-corrected chi connectivity index (χ3v) is 1.37. The minimum absolute atomic E-state index is 0.0538. The first kappa shape index (κ1) is 8.88. The van der Waals surface area contributed by atoms with Crippen LogP contribution in [-0.2, 0) is 0 Å². The molecule has 0 heterocycles. The summed E-state index contributed by atoms with van der Waals surface area (Å²) < 4.78 is 0. The monoisotopic (exact) mass is 133 g/mol. The van der Waals surface area contributed by atoms with Crippen molar-refractivity contribution in [2.45, 2.75) is 31.9 Å². The van der Waals surface area contributed by atoms with Crippen molar-refractivity contribution in [3.63, 3.8) is 0 Å². The molecule has 4 N–H and O–H groups in total. The minimum Gasteiger partial charge on any atom is -0.396 e. The molecule has 0 bridgehead atoms. The van der Waals surface area contributed by atoms with Gasteiger partial charge in [-0.3, -0.25) is 0 Å². The van der Waals surface area contributed by atoms with Gasteiger partial charge in [-0.25, -0.2) is 0 Å². The van der Waals surface area contributed by atoms with Gasteiger partial charge in [-0.05, 0) is 12.8 Å². The maximum atomic E-state index is 9.02. The van der Waals surface area contributed by atoms with Crippen LogP contribution in [0.2, 0.25) is 0 Å². The van der Waals surface area contributed by atoms with E-state index in [0.29, 0.717) is 12.8 Å². The first-order valence-corrected chi connectivity index (χ1v) is 3.26. The Morgan fingerprint density at radius 2 is 2.11 bits per heavy atom. The second-order valence-corrected chi connectivity index (χ2v) is 2.15. The molecular formula is C6H15NO2. The molecule has 1 unspecified atom stereocenters. The van der Waals surface area contributed by atoms with Crippen molar-refractivity contribution in [2.75, 3.05) is 6.61 Å². The van der Waals surface area contributed by atoms with Gasteiger partial charge in [-0.1, -0.05) is 6.92 Å². The average Bonchev–Trinajstić information content (AvgIpc) is 1.87. The van der Waals surface area contributed by atoms with Crippen molar-refractivity contribution in [3.8, 4) is 0 Å². The van der Waals surface area contributed by atoms with Gasteiger partial charge in [0.1, 0.15) is 0 Å². The highest BCUT2D eigenvalue weighted by atomic mass is 16.3. The highest BCUT2D eigenvalue weighted by molar-refractivity contribution is 4.68. The van der Waals surface area contributed by atoms with E-state index >= 15 is 0 Å². The van der Waals surface area contributed by atoms with Gasteiger partial charge in [0, 0.05) is 12.6 Å². The summed E-state index contributed by atoms with van der Waals surface area (Å²) in [5.74, 6) is 0. The predicted molar refractivity (Wildman–Crippen MR) is 36.0 cm³/mol. The van der Waals surface area contributed by atoms with Crippen LogP contribution in [0, 0.1) is 0 Å². The quantitative estimate of drug-likeness (QED) is 0.483. The first-order chi connectivity index (χ1) is 4.22. The molecule has 56 valence electrons. The van der Waals surface area contributed by atoms with Crippen LogP contribution in [0.5, 0.6) is 0 Å². The molecule has 0 aromatic carbocycles. The van der Waals surface area contributed by atoms with Gasteiger partial charge in [-0.2, -0.15) is 0 Å². The molecule has 0 spiro atoms. The highest BCUT2D eigenvalue weighted by Gasteiger charge is 2.10. The summed E-state index contributed by atoms with van der Waals surface area (Å²) in [6, 6.07) is -0.264. The number of rotatable bonds is 4. The van der Waals surface area contributed by atoms with Gasteiger partial charge < -0.3 is 15.9 Å². The second-order valence-electron chi connectivity index (χ2n) is 2.15. The third kappa shape index (κ3) is 3.46. The summed E-state index contributed by atoms with van der Waals surface area (Å²) in [6.45, 7) is 1.92. The highest BCUT2D eigenvalue weighted by Crippen LogP contribution is 1.98. The van der Waals surface area contributed by atoms with Crippen molar-refractivity contribution in [1.29, 1.82) is 0 Å². The molecule has 0 amide bonds. The molecule has 0 aliphatic rings. The maximum Gasteiger partial charge on any atom is 0.0689 e.